The fraction of sp³-hybridized carbons (Fsp3) is 0.0952. The van der Waals surface area contributed by atoms with E-state index in [9.17, 15) is 0 Å². The molecular formula is C21H15Cl2NO. The van der Waals surface area contributed by atoms with Crippen molar-refractivity contribution in [3.8, 4) is 0 Å². The van der Waals surface area contributed by atoms with Crippen LogP contribution in [-0.4, -0.2) is 5.90 Å². The summed E-state index contributed by atoms with van der Waals surface area (Å²) < 4.78 is 6.28. The molecule has 25 heavy (non-hydrogen) atoms. The predicted molar refractivity (Wildman–Crippen MR) is 103 cm³/mol. The minimum absolute atomic E-state index is 0.327. The molecule has 0 saturated carbocycles. The highest BCUT2D eigenvalue weighted by Gasteiger charge is 2.28. The Labute approximate surface area is 156 Å². The van der Waals surface area contributed by atoms with Gasteiger partial charge in [-0.05, 0) is 43.3 Å². The van der Waals surface area contributed by atoms with Gasteiger partial charge in [0.25, 0.3) is 0 Å². The smallest absolute Gasteiger partial charge is 0.222 e. The van der Waals surface area contributed by atoms with Crippen molar-refractivity contribution >= 4 is 34.8 Å². The van der Waals surface area contributed by atoms with Crippen LogP contribution in [0.3, 0.4) is 0 Å². The van der Waals surface area contributed by atoms with Gasteiger partial charge in [-0.3, -0.25) is 0 Å². The van der Waals surface area contributed by atoms with Crippen molar-refractivity contribution in [1.29, 1.82) is 0 Å². The molecule has 0 spiro atoms. The minimum Gasteiger partial charge on any atom is -0.464 e. The van der Waals surface area contributed by atoms with Crippen molar-refractivity contribution in [1.82, 2.24) is 0 Å². The number of ether oxygens (including phenoxy) is 1. The van der Waals surface area contributed by atoms with Gasteiger partial charge in [-0.15, -0.1) is 0 Å². The average Bonchev–Trinajstić information content (AvgIpc) is 2.62. The first-order valence-corrected chi connectivity index (χ1v) is 8.74. The Balaban J connectivity index is 1.87. The van der Waals surface area contributed by atoms with Crippen LogP contribution in [0.4, 0.5) is 5.69 Å². The molecule has 1 aliphatic heterocycles. The van der Waals surface area contributed by atoms with Crippen molar-refractivity contribution in [2.45, 2.75) is 13.0 Å². The molecule has 0 fully saturated rings. The second-order valence-corrected chi connectivity index (χ2v) is 6.85. The maximum absolute atomic E-state index is 6.46. The highest BCUT2D eigenvalue weighted by atomic mass is 35.5. The van der Waals surface area contributed by atoms with Gasteiger partial charge in [-0.25, -0.2) is 4.99 Å². The van der Waals surface area contributed by atoms with Crippen LogP contribution in [-0.2, 0) is 4.74 Å². The second-order valence-electron chi connectivity index (χ2n) is 6.01. The zero-order chi connectivity index (χ0) is 17.4. The summed E-state index contributed by atoms with van der Waals surface area (Å²) in [6, 6.07) is 21.5. The normalized spacial score (nSPS) is 16.0. The fourth-order valence-electron chi connectivity index (χ4n) is 2.96. The van der Waals surface area contributed by atoms with Gasteiger partial charge in [0.2, 0.25) is 5.90 Å². The molecule has 0 amide bonds. The lowest BCUT2D eigenvalue weighted by Crippen LogP contribution is -2.18. The summed E-state index contributed by atoms with van der Waals surface area (Å²) in [4.78, 5) is 4.70. The Morgan fingerprint density at radius 1 is 0.880 bits per heavy atom. The van der Waals surface area contributed by atoms with E-state index >= 15 is 0 Å². The summed E-state index contributed by atoms with van der Waals surface area (Å²) in [7, 11) is 0. The van der Waals surface area contributed by atoms with E-state index in [4.69, 9.17) is 32.9 Å². The molecule has 1 aliphatic rings. The number of aryl methyl sites for hydroxylation is 1. The molecule has 0 saturated heterocycles. The molecule has 0 bridgehead atoms. The van der Waals surface area contributed by atoms with E-state index in [0.29, 0.717) is 15.9 Å². The minimum atomic E-state index is -0.327. The molecule has 3 aromatic carbocycles. The zero-order valence-corrected chi connectivity index (χ0v) is 15.1. The third kappa shape index (κ3) is 3.15. The standard InChI is InChI=1S/C21H15Cl2NO/c1-13-7-10-19-17(11-13)20(16-9-8-15(22)12-18(16)23)25-21(24-19)14-5-3-2-4-6-14/h2-12,20H,1H3. The summed E-state index contributed by atoms with van der Waals surface area (Å²) in [6.45, 7) is 2.05. The van der Waals surface area contributed by atoms with Crippen molar-refractivity contribution in [3.63, 3.8) is 0 Å². The number of benzene rings is 3. The van der Waals surface area contributed by atoms with E-state index in [1.807, 2.05) is 48.5 Å². The lowest BCUT2D eigenvalue weighted by Gasteiger charge is -2.27. The predicted octanol–water partition coefficient (Wildman–Crippen LogP) is 6.50. The van der Waals surface area contributed by atoms with Crippen molar-refractivity contribution in [2.24, 2.45) is 4.99 Å². The van der Waals surface area contributed by atoms with Crippen molar-refractivity contribution in [3.05, 3.63) is 99.0 Å². The highest BCUT2D eigenvalue weighted by molar-refractivity contribution is 6.35. The summed E-state index contributed by atoms with van der Waals surface area (Å²) in [5, 5.41) is 1.19. The van der Waals surface area contributed by atoms with Crippen LogP contribution in [0, 0.1) is 6.92 Å². The topological polar surface area (TPSA) is 21.6 Å². The maximum atomic E-state index is 6.46. The number of fused-ring (bicyclic) bond motifs is 1. The molecule has 3 aromatic rings. The fourth-order valence-corrected chi connectivity index (χ4v) is 3.46. The summed E-state index contributed by atoms with van der Waals surface area (Å²) in [6.07, 6.45) is -0.327. The SMILES string of the molecule is Cc1ccc2c(c1)C(c1ccc(Cl)cc1Cl)OC(c1ccccc1)=N2. The summed E-state index contributed by atoms with van der Waals surface area (Å²) in [5.74, 6) is 0.591. The number of hydrogen-bond donors (Lipinski definition) is 0. The van der Waals surface area contributed by atoms with E-state index in [2.05, 4.69) is 19.1 Å². The van der Waals surface area contributed by atoms with Gasteiger partial charge in [0.1, 0.15) is 0 Å². The van der Waals surface area contributed by atoms with Gasteiger partial charge >= 0.3 is 0 Å². The highest BCUT2D eigenvalue weighted by Crippen LogP contribution is 2.41. The van der Waals surface area contributed by atoms with Gasteiger partial charge in [0.05, 0.1) is 5.69 Å². The first-order valence-electron chi connectivity index (χ1n) is 7.98. The largest absolute Gasteiger partial charge is 0.464 e. The maximum Gasteiger partial charge on any atom is 0.222 e. The number of aliphatic imine (C=N–C) groups is 1. The Bertz CT molecular complexity index is 967. The summed E-state index contributed by atoms with van der Waals surface area (Å²) >= 11 is 12.5. The van der Waals surface area contributed by atoms with Crippen LogP contribution >= 0.6 is 23.2 Å². The van der Waals surface area contributed by atoms with Gasteiger partial charge in [-0.1, -0.05) is 59.1 Å². The van der Waals surface area contributed by atoms with Gasteiger partial charge in [0.15, 0.2) is 6.10 Å². The Kier molecular flexibility index (Phi) is 4.24. The number of halogens is 2. The molecule has 1 unspecified atom stereocenters. The van der Waals surface area contributed by atoms with Crippen LogP contribution in [0.15, 0.2) is 71.7 Å². The van der Waals surface area contributed by atoms with Gasteiger partial charge in [-0.2, -0.15) is 0 Å². The third-order valence-corrected chi connectivity index (χ3v) is 4.75. The number of rotatable bonds is 2. The molecule has 0 aromatic heterocycles. The van der Waals surface area contributed by atoms with E-state index in [0.717, 1.165) is 27.9 Å². The molecule has 0 N–H and O–H groups in total. The van der Waals surface area contributed by atoms with Gasteiger partial charge < -0.3 is 4.74 Å². The third-order valence-electron chi connectivity index (χ3n) is 4.18. The van der Waals surface area contributed by atoms with Crippen LogP contribution in [0.25, 0.3) is 0 Å². The zero-order valence-electron chi connectivity index (χ0n) is 13.5. The molecule has 2 nitrogen and oxygen atoms in total. The first-order chi connectivity index (χ1) is 12.1. The number of hydrogen-bond acceptors (Lipinski definition) is 2. The Hall–Kier alpha value is -2.29. The first kappa shape index (κ1) is 16.2. The van der Waals surface area contributed by atoms with Crippen molar-refractivity contribution < 1.29 is 4.74 Å². The van der Waals surface area contributed by atoms with Crippen LogP contribution in [0.1, 0.15) is 28.4 Å². The monoisotopic (exact) mass is 367 g/mol. The number of nitrogens with zero attached hydrogens (tertiary/aromatic N) is 1. The lowest BCUT2D eigenvalue weighted by atomic mass is 9.96. The van der Waals surface area contributed by atoms with E-state index < -0.39 is 0 Å². The van der Waals surface area contributed by atoms with E-state index in [1.54, 1.807) is 6.07 Å². The van der Waals surface area contributed by atoms with Crippen LogP contribution in [0.2, 0.25) is 10.0 Å². The quantitative estimate of drug-likeness (QED) is 0.506. The Morgan fingerprint density at radius 3 is 2.44 bits per heavy atom. The second kappa shape index (κ2) is 6.55. The summed E-state index contributed by atoms with van der Waals surface area (Å²) in [5.41, 5.74) is 4.86. The molecular weight excluding hydrogens is 353 g/mol. The lowest BCUT2D eigenvalue weighted by molar-refractivity contribution is 0.229. The van der Waals surface area contributed by atoms with E-state index in [1.165, 1.54) is 0 Å². The molecule has 1 heterocycles. The average molecular weight is 368 g/mol. The van der Waals surface area contributed by atoms with Gasteiger partial charge in [0, 0.05) is 26.7 Å². The van der Waals surface area contributed by atoms with Crippen LogP contribution in [0.5, 0.6) is 0 Å². The molecule has 4 rings (SSSR count). The molecule has 0 aliphatic carbocycles. The molecule has 0 radical (unpaired) electrons. The molecule has 1 atom stereocenters. The van der Waals surface area contributed by atoms with Crippen molar-refractivity contribution in [2.75, 3.05) is 0 Å². The molecule has 4 heteroatoms. The Morgan fingerprint density at radius 2 is 1.68 bits per heavy atom. The molecule has 124 valence electrons. The van der Waals surface area contributed by atoms with Crippen LogP contribution < -0.4 is 0 Å². The van der Waals surface area contributed by atoms with E-state index in [-0.39, 0.29) is 6.10 Å².